The van der Waals surface area contributed by atoms with Crippen molar-refractivity contribution in [2.45, 2.75) is 0 Å². The van der Waals surface area contributed by atoms with Crippen molar-refractivity contribution < 1.29 is 9.72 Å². The highest BCUT2D eigenvalue weighted by Gasteiger charge is 2.06. The Kier molecular flexibility index (Phi) is 3.78. The van der Waals surface area contributed by atoms with E-state index < -0.39 is 4.92 Å². The summed E-state index contributed by atoms with van der Waals surface area (Å²) in [7, 11) is 0. The van der Waals surface area contributed by atoms with E-state index in [9.17, 15) is 14.9 Å². The van der Waals surface area contributed by atoms with Crippen LogP contribution in [0.25, 0.3) is 6.08 Å². The number of carbonyl (C=O) groups is 1. The second kappa shape index (κ2) is 5.68. The third kappa shape index (κ3) is 3.32. The number of non-ortho nitro benzene ring substituents is 1. The van der Waals surface area contributed by atoms with Crippen molar-refractivity contribution in [2.24, 2.45) is 0 Å². The highest BCUT2D eigenvalue weighted by atomic mass is 16.6. The van der Waals surface area contributed by atoms with Gasteiger partial charge in [-0.25, -0.2) is 0 Å². The molecule has 0 saturated heterocycles. The fraction of sp³-hybridized carbons (Fsp3) is 0. The van der Waals surface area contributed by atoms with Crippen molar-refractivity contribution >= 4 is 17.5 Å². The number of carbonyl (C=O) groups excluding carboxylic acids is 1. The van der Waals surface area contributed by atoms with E-state index in [-0.39, 0.29) is 11.5 Å². The number of aromatic nitrogens is 1. The molecule has 0 radical (unpaired) electrons. The van der Waals surface area contributed by atoms with Crippen LogP contribution in [0, 0.1) is 10.1 Å². The zero-order valence-electron chi connectivity index (χ0n) is 9.89. The molecule has 0 aliphatic carbocycles. The number of allylic oxidation sites excluding steroid dienone is 1. The van der Waals surface area contributed by atoms with E-state index in [1.54, 1.807) is 30.6 Å². The Hall–Kier alpha value is -2.82. The van der Waals surface area contributed by atoms with Crippen LogP contribution in [0.2, 0.25) is 0 Å². The molecular formula is C14H10N2O3. The largest absolute Gasteiger partial charge is 0.289 e. The lowest BCUT2D eigenvalue weighted by atomic mass is 10.1. The molecule has 1 heterocycles. The molecule has 0 amide bonds. The van der Waals surface area contributed by atoms with Gasteiger partial charge in [0.25, 0.3) is 5.69 Å². The van der Waals surface area contributed by atoms with Gasteiger partial charge in [-0.3, -0.25) is 19.9 Å². The number of hydrogen-bond acceptors (Lipinski definition) is 4. The summed E-state index contributed by atoms with van der Waals surface area (Å²) in [4.78, 5) is 25.7. The number of rotatable bonds is 4. The molecule has 94 valence electrons. The molecule has 0 N–H and O–H groups in total. The molecule has 2 rings (SSSR count). The minimum Gasteiger partial charge on any atom is -0.289 e. The van der Waals surface area contributed by atoms with Gasteiger partial charge in [-0.15, -0.1) is 0 Å². The minimum absolute atomic E-state index is 0.0327. The van der Waals surface area contributed by atoms with Crippen molar-refractivity contribution in [3.05, 3.63) is 76.1 Å². The van der Waals surface area contributed by atoms with Crippen LogP contribution in [0.5, 0.6) is 0 Å². The molecule has 19 heavy (non-hydrogen) atoms. The van der Waals surface area contributed by atoms with Crippen LogP contribution in [0.15, 0.2) is 54.9 Å². The standard InChI is InChI=1S/C14H10N2O3/c17-14(6-1-11-7-9-15-10-8-11)12-2-4-13(5-3-12)16(18)19/h1-10H. The molecule has 0 atom stereocenters. The van der Waals surface area contributed by atoms with Crippen LogP contribution in [0.3, 0.4) is 0 Å². The monoisotopic (exact) mass is 254 g/mol. The van der Waals surface area contributed by atoms with Gasteiger partial charge < -0.3 is 0 Å². The molecular weight excluding hydrogens is 244 g/mol. The maximum Gasteiger partial charge on any atom is 0.269 e. The van der Waals surface area contributed by atoms with Gasteiger partial charge in [-0.1, -0.05) is 6.08 Å². The lowest BCUT2D eigenvalue weighted by Gasteiger charge is -1.96. The molecule has 0 spiro atoms. The van der Waals surface area contributed by atoms with Gasteiger partial charge in [0.05, 0.1) is 4.92 Å². The molecule has 0 saturated carbocycles. The quantitative estimate of drug-likeness (QED) is 0.364. The van der Waals surface area contributed by atoms with Gasteiger partial charge >= 0.3 is 0 Å². The van der Waals surface area contributed by atoms with E-state index in [4.69, 9.17) is 0 Å². The lowest BCUT2D eigenvalue weighted by Crippen LogP contribution is -1.95. The van der Waals surface area contributed by atoms with E-state index in [2.05, 4.69) is 4.98 Å². The Morgan fingerprint density at radius 2 is 1.74 bits per heavy atom. The van der Waals surface area contributed by atoms with Gasteiger partial charge in [-0.05, 0) is 35.9 Å². The zero-order chi connectivity index (χ0) is 13.7. The summed E-state index contributed by atoms with van der Waals surface area (Å²) in [6.45, 7) is 0. The number of nitrogens with zero attached hydrogens (tertiary/aromatic N) is 2. The molecule has 5 heteroatoms. The van der Waals surface area contributed by atoms with E-state index in [0.29, 0.717) is 5.56 Å². The number of benzene rings is 1. The summed E-state index contributed by atoms with van der Waals surface area (Å²) in [5.41, 5.74) is 1.25. The first-order valence-corrected chi connectivity index (χ1v) is 5.54. The van der Waals surface area contributed by atoms with Crippen molar-refractivity contribution in [2.75, 3.05) is 0 Å². The van der Waals surface area contributed by atoms with E-state index in [1.165, 1.54) is 30.3 Å². The second-order valence-corrected chi connectivity index (χ2v) is 3.78. The Bertz CT molecular complexity index is 619. The molecule has 0 fully saturated rings. The Balaban J connectivity index is 2.12. The third-order valence-electron chi connectivity index (χ3n) is 2.50. The number of pyridine rings is 1. The Labute approximate surface area is 109 Å². The first kappa shape index (κ1) is 12.6. The van der Waals surface area contributed by atoms with Crippen LogP contribution in [0.1, 0.15) is 15.9 Å². The minimum atomic E-state index is -0.499. The SMILES string of the molecule is O=C(C=Cc1ccncc1)c1ccc([N+](=O)[O-])cc1. The summed E-state index contributed by atoms with van der Waals surface area (Å²) in [6.07, 6.45) is 6.37. The maximum absolute atomic E-state index is 11.8. The van der Waals surface area contributed by atoms with E-state index in [0.717, 1.165) is 5.56 Å². The predicted molar refractivity (Wildman–Crippen MR) is 70.7 cm³/mol. The fourth-order valence-corrected chi connectivity index (χ4v) is 1.49. The molecule has 0 unspecified atom stereocenters. The molecule has 2 aromatic rings. The number of hydrogen-bond donors (Lipinski definition) is 0. The topological polar surface area (TPSA) is 73.1 Å². The predicted octanol–water partition coefficient (Wildman–Crippen LogP) is 2.89. The summed E-state index contributed by atoms with van der Waals surface area (Å²) in [5.74, 6) is -0.202. The fourth-order valence-electron chi connectivity index (χ4n) is 1.49. The van der Waals surface area contributed by atoms with Gasteiger partial charge in [0.15, 0.2) is 5.78 Å². The second-order valence-electron chi connectivity index (χ2n) is 3.78. The number of nitro benzene ring substituents is 1. The van der Waals surface area contributed by atoms with Crippen molar-refractivity contribution in [1.29, 1.82) is 0 Å². The smallest absolute Gasteiger partial charge is 0.269 e. The van der Waals surface area contributed by atoms with Crippen molar-refractivity contribution in [3.63, 3.8) is 0 Å². The maximum atomic E-state index is 11.8. The molecule has 5 nitrogen and oxygen atoms in total. The van der Waals surface area contributed by atoms with Crippen LogP contribution >= 0.6 is 0 Å². The van der Waals surface area contributed by atoms with Crippen LogP contribution < -0.4 is 0 Å². The first-order chi connectivity index (χ1) is 9.16. The molecule has 0 bridgehead atoms. The molecule has 1 aromatic carbocycles. The normalized spacial score (nSPS) is 10.5. The first-order valence-electron chi connectivity index (χ1n) is 5.54. The van der Waals surface area contributed by atoms with Crippen molar-refractivity contribution in [1.82, 2.24) is 4.98 Å². The zero-order valence-corrected chi connectivity index (χ0v) is 9.89. The molecule has 0 aliphatic heterocycles. The average molecular weight is 254 g/mol. The summed E-state index contributed by atoms with van der Waals surface area (Å²) < 4.78 is 0. The van der Waals surface area contributed by atoms with E-state index in [1.807, 2.05) is 0 Å². The van der Waals surface area contributed by atoms with Gasteiger partial charge in [0, 0.05) is 30.1 Å². The van der Waals surface area contributed by atoms with E-state index >= 15 is 0 Å². The van der Waals surface area contributed by atoms with Crippen LogP contribution in [-0.4, -0.2) is 15.7 Å². The average Bonchev–Trinajstić information content (AvgIpc) is 2.46. The lowest BCUT2D eigenvalue weighted by molar-refractivity contribution is -0.384. The van der Waals surface area contributed by atoms with Gasteiger partial charge in [0.1, 0.15) is 0 Å². The Morgan fingerprint density at radius 1 is 1.11 bits per heavy atom. The van der Waals surface area contributed by atoms with Crippen LogP contribution in [-0.2, 0) is 0 Å². The number of ketones is 1. The van der Waals surface area contributed by atoms with Gasteiger partial charge in [0.2, 0.25) is 0 Å². The highest BCUT2D eigenvalue weighted by molar-refractivity contribution is 6.06. The highest BCUT2D eigenvalue weighted by Crippen LogP contribution is 2.13. The third-order valence-corrected chi connectivity index (χ3v) is 2.50. The van der Waals surface area contributed by atoms with Crippen molar-refractivity contribution in [3.8, 4) is 0 Å². The van der Waals surface area contributed by atoms with Gasteiger partial charge in [-0.2, -0.15) is 0 Å². The summed E-state index contributed by atoms with van der Waals surface area (Å²) in [5, 5.41) is 10.5. The number of nitro groups is 1. The summed E-state index contributed by atoms with van der Waals surface area (Å²) in [6, 6.07) is 9.06. The Morgan fingerprint density at radius 3 is 2.32 bits per heavy atom. The molecule has 0 aliphatic rings. The molecule has 1 aromatic heterocycles. The van der Waals surface area contributed by atoms with Crippen LogP contribution in [0.4, 0.5) is 5.69 Å². The summed E-state index contributed by atoms with van der Waals surface area (Å²) >= 11 is 0.